The van der Waals surface area contributed by atoms with Crippen molar-refractivity contribution in [2.75, 3.05) is 0 Å². The quantitative estimate of drug-likeness (QED) is 0.159. The van der Waals surface area contributed by atoms with Crippen molar-refractivity contribution in [2.24, 2.45) is 10.2 Å². The van der Waals surface area contributed by atoms with E-state index in [9.17, 15) is 40.6 Å². The molecule has 0 fully saturated rings. The summed E-state index contributed by atoms with van der Waals surface area (Å²) >= 11 is 0. The van der Waals surface area contributed by atoms with Gasteiger partial charge in [0, 0.05) is 11.3 Å². The number of carboxylic acid groups (broad SMARTS) is 1. The standard InChI is InChI=1S/C18H16N4O9S2.Cr.Na.H2O/c1-9-7-11(32(26,27)28)4-6-15(9)22-17(23)16(10(2)21-22)20-19-14-8-12(33(29,30)31)3-5-13(14)18(24)25;;;/h3-8H,1-2H3,(H4,19,21,23,24,25,26,27,28,29,30,31);;;1H2/q;+3;+1;/p-5. The Bertz CT molecular complexity index is 1600. The van der Waals surface area contributed by atoms with Gasteiger partial charge in [-0.05, 0) is 48.9 Å². The van der Waals surface area contributed by atoms with Gasteiger partial charge in [0.15, 0.2) is 0 Å². The van der Waals surface area contributed by atoms with Crippen LogP contribution in [0, 0.1) is 13.8 Å². The molecule has 0 saturated carbocycles. The molecule has 1 heterocycles. The predicted octanol–water partition coefficient (Wildman–Crippen LogP) is -3.18. The first-order valence-electron chi connectivity index (χ1n) is 8.76. The molecule has 3 rings (SSSR count). The van der Waals surface area contributed by atoms with E-state index in [0.717, 1.165) is 28.9 Å². The van der Waals surface area contributed by atoms with Crippen molar-refractivity contribution in [3.8, 4) is 5.69 Å². The normalized spacial score (nSPS) is 11.3. The number of hydrogen-bond acceptors (Lipinski definition) is 12. The Labute approximate surface area is 237 Å². The molecular formula is C18H13CrN4NaO10S2-. The molecule has 36 heavy (non-hydrogen) atoms. The third kappa shape index (κ3) is 7.20. The molecule has 0 aliphatic heterocycles. The number of azo groups is 1. The van der Waals surface area contributed by atoms with Crippen molar-refractivity contribution in [3.05, 3.63) is 63.6 Å². The van der Waals surface area contributed by atoms with Gasteiger partial charge in [0.05, 0.1) is 21.4 Å². The number of hydrogen-bond donors (Lipinski definition) is 0. The topological polar surface area (TPSA) is 245 Å². The maximum absolute atomic E-state index is 12.8. The fourth-order valence-corrected chi connectivity index (χ4v) is 3.87. The van der Waals surface area contributed by atoms with E-state index in [1.807, 2.05) is 0 Å². The van der Waals surface area contributed by atoms with Crippen molar-refractivity contribution in [3.63, 3.8) is 0 Å². The van der Waals surface area contributed by atoms with E-state index in [-0.39, 0.29) is 75.0 Å². The van der Waals surface area contributed by atoms with Gasteiger partial charge in [-0.3, -0.25) is 4.79 Å². The first-order chi connectivity index (χ1) is 15.2. The number of benzene rings is 2. The van der Waals surface area contributed by atoms with Crippen LogP contribution in [0.4, 0.5) is 11.4 Å². The predicted molar refractivity (Wildman–Crippen MR) is 108 cm³/mol. The Balaban J connectivity index is 0.00000408. The average Bonchev–Trinajstić information content (AvgIpc) is 2.98. The number of aryl methyl sites for hydroxylation is 2. The third-order valence-corrected chi connectivity index (χ3v) is 6.07. The van der Waals surface area contributed by atoms with E-state index in [2.05, 4.69) is 15.3 Å². The van der Waals surface area contributed by atoms with E-state index in [0.29, 0.717) is 6.07 Å². The van der Waals surface area contributed by atoms with Gasteiger partial charge < -0.3 is 34.3 Å². The number of rotatable bonds is 6. The Morgan fingerprint density at radius 2 is 1.47 bits per heavy atom. The first kappa shape index (κ1) is 33.8. The number of nitrogens with zero attached hydrogens (tertiary/aromatic N) is 4. The van der Waals surface area contributed by atoms with Crippen LogP contribution in [-0.4, -0.2) is 42.1 Å². The molecule has 14 nitrogen and oxygen atoms in total. The van der Waals surface area contributed by atoms with E-state index < -0.39 is 52.8 Å². The Morgan fingerprint density at radius 3 is 1.97 bits per heavy atom. The molecule has 0 aliphatic carbocycles. The van der Waals surface area contributed by atoms with Gasteiger partial charge >= 0.3 is 46.9 Å². The molecule has 0 amide bonds. The number of carbonyl (C=O) groups excluding carboxylic acids is 1. The number of aromatic carboxylic acids is 1. The molecule has 0 bridgehead atoms. The van der Waals surface area contributed by atoms with Crippen LogP contribution < -0.4 is 45.3 Å². The van der Waals surface area contributed by atoms with E-state index in [4.69, 9.17) is 0 Å². The van der Waals surface area contributed by atoms with Crippen LogP contribution in [0.25, 0.3) is 5.69 Å². The summed E-state index contributed by atoms with van der Waals surface area (Å²) in [5.41, 5.74) is -1.84. The second-order valence-corrected chi connectivity index (χ2v) is 9.43. The smallest absolute Gasteiger partial charge is 0.870 e. The number of carboxylic acids is 1. The molecule has 1 N–H and O–H groups in total. The van der Waals surface area contributed by atoms with Gasteiger partial charge in [-0.2, -0.15) is 0 Å². The van der Waals surface area contributed by atoms with Crippen LogP contribution in [0.15, 0.2) is 61.2 Å². The molecule has 3 aromatic rings. The summed E-state index contributed by atoms with van der Waals surface area (Å²) in [6.45, 7) is 2.83. The Kier molecular flexibility index (Phi) is 11.6. The second-order valence-electron chi connectivity index (χ2n) is 6.67. The molecule has 18 heteroatoms. The fraction of sp³-hybridized carbons (Fsp3) is 0.111. The van der Waals surface area contributed by atoms with Crippen molar-refractivity contribution in [1.82, 2.24) is 9.78 Å². The molecule has 1 aromatic heterocycles. The van der Waals surface area contributed by atoms with Gasteiger partial charge in [-0.25, -0.2) is 16.8 Å². The van der Waals surface area contributed by atoms with Crippen LogP contribution in [-0.2, 0) is 37.6 Å². The number of aromatic nitrogens is 2. The molecule has 1 radical (unpaired) electrons. The zero-order valence-corrected chi connectivity index (χ0v) is 23.5. The maximum atomic E-state index is 12.8. The monoisotopic (exact) mass is 584 g/mol. The van der Waals surface area contributed by atoms with E-state index in [1.54, 1.807) is 0 Å². The van der Waals surface area contributed by atoms with Crippen LogP contribution in [0.2, 0.25) is 0 Å². The molecule has 185 valence electrons. The largest absolute Gasteiger partial charge is 3.00 e. The zero-order valence-electron chi connectivity index (χ0n) is 18.6. The van der Waals surface area contributed by atoms with E-state index >= 15 is 0 Å². The summed E-state index contributed by atoms with van der Waals surface area (Å²) in [4.78, 5) is 22.8. The summed E-state index contributed by atoms with van der Waals surface area (Å²) in [6, 6.07) is 5.51. The molecule has 0 atom stereocenters. The zero-order chi connectivity index (χ0) is 24.7. The van der Waals surface area contributed by atoms with Gasteiger partial charge in [0.1, 0.15) is 25.9 Å². The van der Waals surface area contributed by atoms with Gasteiger partial charge in [0.25, 0.3) is 5.56 Å². The summed E-state index contributed by atoms with van der Waals surface area (Å²) in [7, 11) is -9.64. The molecule has 0 unspecified atom stereocenters. The third-order valence-electron chi connectivity index (χ3n) is 4.41. The summed E-state index contributed by atoms with van der Waals surface area (Å²) in [6.07, 6.45) is 0. The first-order valence-corrected chi connectivity index (χ1v) is 11.6. The number of carbonyl (C=O) groups is 1. The summed E-state index contributed by atoms with van der Waals surface area (Å²) in [5.74, 6) is -1.72. The average molecular weight is 584 g/mol. The second kappa shape index (κ2) is 12.4. The molecule has 0 saturated heterocycles. The maximum Gasteiger partial charge on any atom is 3.00 e. The van der Waals surface area contributed by atoms with Crippen LogP contribution in [0.1, 0.15) is 21.6 Å². The molecule has 2 aromatic carbocycles. The SMILES string of the molecule is Cc1cc(S(=O)(=O)[O-])ccc1-n1[n-]c(C)c(N=Nc2cc(S(=O)(=O)[O-])ccc2C(=O)[O-])c1=O.[Cr+3].[Na+].[OH-]. The van der Waals surface area contributed by atoms with Gasteiger partial charge in [-0.15, -0.1) is 15.9 Å². The van der Waals surface area contributed by atoms with Gasteiger partial charge in [0.2, 0.25) is 0 Å². The molecular weight excluding hydrogens is 571 g/mol. The molecule has 0 aliphatic rings. The minimum absolute atomic E-state index is 0. The summed E-state index contributed by atoms with van der Waals surface area (Å²) in [5, 5.41) is 22.5. The van der Waals surface area contributed by atoms with Crippen molar-refractivity contribution >= 4 is 37.6 Å². The van der Waals surface area contributed by atoms with Crippen molar-refractivity contribution < 1.29 is 88.2 Å². The van der Waals surface area contributed by atoms with Crippen LogP contribution in [0.3, 0.4) is 0 Å². The van der Waals surface area contributed by atoms with Crippen LogP contribution >= 0.6 is 0 Å². The fourth-order valence-electron chi connectivity index (χ4n) is 2.82. The minimum atomic E-state index is -4.93. The minimum Gasteiger partial charge on any atom is -0.870 e. The Morgan fingerprint density at radius 1 is 0.944 bits per heavy atom. The summed E-state index contributed by atoms with van der Waals surface area (Å²) < 4.78 is 68.0. The van der Waals surface area contributed by atoms with Crippen molar-refractivity contribution in [1.29, 1.82) is 0 Å². The molecule has 0 spiro atoms. The Hall–Kier alpha value is -2.17. The van der Waals surface area contributed by atoms with Crippen LogP contribution in [0.5, 0.6) is 0 Å². The van der Waals surface area contributed by atoms with E-state index in [1.165, 1.54) is 19.9 Å². The van der Waals surface area contributed by atoms with Gasteiger partial charge in [-0.1, -0.05) is 6.92 Å². The van der Waals surface area contributed by atoms with Crippen molar-refractivity contribution in [2.45, 2.75) is 23.6 Å².